The van der Waals surface area contributed by atoms with Crippen molar-refractivity contribution in [2.75, 3.05) is 7.05 Å². The summed E-state index contributed by atoms with van der Waals surface area (Å²) in [6.45, 7) is 5.97. The molecule has 0 spiro atoms. The number of halogens is 1. The maximum Gasteiger partial charge on any atom is 0.0255 e. The van der Waals surface area contributed by atoms with Gasteiger partial charge < -0.3 is 5.32 Å². The minimum absolute atomic E-state index is 0.450. The van der Waals surface area contributed by atoms with E-state index < -0.39 is 0 Å². The van der Waals surface area contributed by atoms with Crippen LogP contribution in [0.25, 0.3) is 0 Å². The summed E-state index contributed by atoms with van der Waals surface area (Å²) in [4.78, 5) is 0.628. The summed E-state index contributed by atoms with van der Waals surface area (Å²) < 4.78 is 0. The third-order valence-electron chi connectivity index (χ3n) is 1.77. The van der Waals surface area contributed by atoms with Gasteiger partial charge in [0.1, 0.15) is 0 Å². The molecule has 0 aliphatic heterocycles. The summed E-state index contributed by atoms with van der Waals surface area (Å²) in [6.07, 6.45) is 5.58. The molecule has 2 atom stereocenters. The molecule has 0 saturated carbocycles. The first-order valence-electron chi connectivity index (χ1n) is 4.18. The molecule has 0 aromatic rings. The standard InChI is InChI=1S/C9H18BrN/c1-4-6-8(10)7-9(5-2)11-3/h5,8-9,11H,2,4,6-7H2,1,3H3. The van der Waals surface area contributed by atoms with Gasteiger partial charge in [-0.2, -0.15) is 0 Å². The lowest BCUT2D eigenvalue weighted by Gasteiger charge is -2.14. The van der Waals surface area contributed by atoms with E-state index in [-0.39, 0.29) is 0 Å². The first kappa shape index (κ1) is 11.2. The second-order valence-corrected chi connectivity index (χ2v) is 4.05. The highest BCUT2D eigenvalue weighted by atomic mass is 79.9. The normalized spacial score (nSPS) is 15.9. The first-order valence-corrected chi connectivity index (χ1v) is 5.10. The molecular weight excluding hydrogens is 202 g/mol. The van der Waals surface area contributed by atoms with Crippen LogP contribution in [-0.4, -0.2) is 17.9 Å². The maximum atomic E-state index is 3.76. The predicted octanol–water partition coefficient (Wildman–Crippen LogP) is 2.71. The lowest BCUT2D eigenvalue weighted by molar-refractivity contribution is 0.579. The zero-order chi connectivity index (χ0) is 8.69. The summed E-state index contributed by atoms with van der Waals surface area (Å²) in [5, 5.41) is 3.19. The number of hydrogen-bond donors (Lipinski definition) is 1. The molecule has 0 heterocycles. The van der Waals surface area contributed by atoms with Gasteiger partial charge in [-0.05, 0) is 19.9 Å². The van der Waals surface area contributed by atoms with Crippen LogP contribution < -0.4 is 5.32 Å². The van der Waals surface area contributed by atoms with Crippen molar-refractivity contribution in [3.63, 3.8) is 0 Å². The summed E-state index contributed by atoms with van der Waals surface area (Å²) in [5.74, 6) is 0. The van der Waals surface area contributed by atoms with E-state index in [0.29, 0.717) is 10.9 Å². The zero-order valence-corrected chi connectivity index (χ0v) is 9.02. The van der Waals surface area contributed by atoms with Crippen molar-refractivity contribution in [2.45, 2.75) is 37.1 Å². The van der Waals surface area contributed by atoms with Crippen molar-refractivity contribution >= 4 is 15.9 Å². The fourth-order valence-electron chi connectivity index (χ4n) is 1.04. The quantitative estimate of drug-likeness (QED) is 0.536. The molecule has 0 rings (SSSR count). The molecule has 66 valence electrons. The molecule has 0 aliphatic rings. The molecule has 0 saturated heterocycles. The second-order valence-electron chi connectivity index (χ2n) is 2.75. The largest absolute Gasteiger partial charge is 0.314 e. The Morgan fingerprint density at radius 1 is 1.64 bits per heavy atom. The van der Waals surface area contributed by atoms with Crippen LogP contribution in [-0.2, 0) is 0 Å². The van der Waals surface area contributed by atoms with Crippen molar-refractivity contribution in [3.05, 3.63) is 12.7 Å². The lowest BCUT2D eigenvalue weighted by atomic mass is 10.1. The molecule has 2 unspecified atom stereocenters. The number of alkyl halides is 1. The molecular formula is C9H18BrN. The van der Waals surface area contributed by atoms with E-state index >= 15 is 0 Å². The van der Waals surface area contributed by atoms with E-state index in [0.717, 1.165) is 6.42 Å². The number of hydrogen-bond acceptors (Lipinski definition) is 1. The van der Waals surface area contributed by atoms with Crippen molar-refractivity contribution < 1.29 is 0 Å². The Kier molecular flexibility index (Phi) is 6.98. The zero-order valence-electron chi connectivity index (χ0n) is 7.44. The molecule has 1 N–H and O–H groups in total. The minimum atomic E-state index is 0.450. The van der Waals surface area contributed by atoms with Crippen LogP contribution in [0.3, 0.4) is 0 Å². The molecule has 1 nitrogen and oxygen atoms in total. The van der Waals surface area contributed by atoms with Gasteiger partial charge in [0.15, 0.2) is 0 Å². The number of nitrogens with one attached hydrogen (secondary N) is 1. The maximum absolute atomic E-state index is 3.76. The number of likely N-dealkylation sites (N-methyl/N-ethyl adjacent to an activating group) is 1. The van der Waals surface area contributed by atoms with Crippen molar-refractivity contribution in [1.29, 1.82) is 0 Å². The Balaban J connectivity index is 3.53. The molecule has 0 bridgehead atoms. The monoisotopic (exact) mass is 219 g/mol. The molecule has 0 aliphatic carbocycles. The van der Waals surface area contributed by atoms with Crippen molar-refractivity contribution in [1.82, 2.24) is 5.32 Å². The van der Waals surface area contributed by atoms with Crippen LogP contribution in [0.2, 0.25) is 0 Å². The van der Waals surface area contributed by atoms with Crippen LogP contribution in [0, 0.1) is 0 Å². The van der Waals surface area contributed by atoms with Gasteiger partial charge in [-0.3, -0.25) is 0 Å². The van der Waals surface area contributed by atoms with Gasteiger partial charge in [-0.25, -0.2) is 0 Å². The van der Waals surface area contributed by atoms with E-state index in [1.807, 2.05) is 13.1 Å². The molecule has 0 aromatic carbocycles. The Morgan fingerprint density at radius 2 is 2.27 bits per heavy atom. The first-order chi connectivity index (χ1) is 5.24. The summed E-state index contributed by atoms with van der Waals surface area (Å²) >= 11 is 3.63. The van der Waals surface area contributed by atoms with Crippen LogP contribution in [0.15, 0.2) is 12.7 Å². The summed E-state index contributed by atoms with van der Waals surface area (Å²) in [6, 6.07) is 0.450. The molecule has 2 heteroatoms. The summed E-state index contributed by atoms with van der Waals surface area (Å²) in [5.41, 5.74) is 0. The summed E-state index contributed by atoms with van der Waals surface area (Å²) in [7, 11) is 1.97. The van der Waals surface area contributed by atoms with Crippen molar-refractivity contribution in [3.8, 4) is 0 Å². The smallest absolute Gasteiger partial charge is 0.0255 e. The van der Waals surface area contributed by atoms with Crippen LogP contribution in [0.5, 0.6) is 0 Å². The Morgan fingerprint density at radius 3 is 2.64 bits per heavy atom. The van der Waals surface area contributed by atoms with E-state index in [1.165, 1.54) is 12.8 Å². The molecule has 11 heavy (non-hydrogen) atoms. The van der Waals surface area contributed by atoms with E-state index in [9.17, 15) is 0 Å². The van der Waals surface area contributed by atoms with Gasteiger partial charge in [0.2, 0.25) is 0 Å². The number of rotatable bonds is 6. The minimum Gasteiger partial charge on any atom is -0.314 e. The van der Waals surface area contributed by atoms with Gasteiger partial charge in [0.25, 0.3) is 0 Å². The highest BCUT2D eigenvalue weighted by Crippen LogP contribution is 2.14. The molecule has 0 aromatic heterocycles. The van der Waals surface area contributed by atoms with E-state index in [4.69, 9.17) is 0 Å². The van der Waals surface area contributed by atoms with Crippen LogP contribution in [0.4, 0.5) is 0 Å². The van der Waals surface area contributed by atoms with Gasteiger partial charge in [-0.1, -0.05) is 35.4 Å². The third kappa shape index (κ3) is 5.45. The fourth-order valence-corrected chi connectivity index (χ4v) is 1.90. The Labute approximate surface area is 78.4 Å². The van der Waals surface area contributed by atoms with Gasteiger partial charge in [0, 0.05) is 10.9 Å². The Bertz CT molecular complexity index is 104. The van der Waals surface area contributed by atoms with Crippen molar-refractivity contribution in [2.24, 2.45) is 0 Å². The fraction of sp³-hybridized carbons (Fsp3) is 0.778. The Hall–Kier alpha value is 0.180. The van der Waals surface area contributed by atoms with Crippen LogP contribution >= 0.6 is 15.9 Å². The van der Waals surface area contributed by atoms with E-state index in [2.05, 4.69) is 34.7 Å². The topological polar surface area (TPSA) is 12.0 Å². The molecule has 0 amide bonds. The highest BCUT2D eigenvalue weighted by Gasteiger charge is 2.07. The molecule has 0 fully saturated rings. The average Bonchev–Trinajstić information content (AvgIpc) is 2.01. The van der Waals surface area contributed by atoms with Gasteiger partial charge in [-0.15, -0.1) is 6.58 Å². The van der Waals surface area contributed by atoms with Crippen LogP contribution in [0.1, 0.15) is 26.2 Å². The third-order valence-corrected chi connectivity index (χ3v) is 2.60. The second kappa shape index (κ2) is 6.86. The predicted molar refractivity (Wildman–Crippen MR) is 55.3 cm³/mol. The lowest BCUT2D eigenvalue weighted by Crippen LogP contribution is -2.25. The van der Waals surface area contributed by atoms with E-state index in [1.54, 1.807) is 0 Å². The SMILES string of the molecule is C=CC(CC(Br)CCC)NC. The van der Waals surface area contributed by atoms with Gasteiger partial charge in [0.05, 0.1) is 0 Å². The molecule has 0 radical (unpaired) electrons. The average molecular weight is 220 g/mol. The highest BCUT2D eigenvalue weighted by molar-refractivity contribution is 9.09. The van der Waals surface area contributed by atoms with Gasteiger partial charge >= 0.3 is 0 Å².